The fourth-order valence-electron chi connectivity index (χ4n) is 2.78. The Labute approximate surface area is 128 Å². The lowest BCUT2D eigenvalue weighted by atomic mass is 9.84. The van der Waals surface area contributed by atoms with Crippen LogP contribution >= 0.6 is 0 Å². The fraction of sp³-hybridized carbons (Fsp3) is 0.300. The summed E-state index contributed by atoms with van der Waals surface area (Å²) < 4.78 is 0. The molecular weight excluding hydrogens is 254 g/mol. The zero-order valence-corrected chi connectivity index (χ0v) is 13.0. The highest BCUT2D eigenvalue weighted by atomic mass is 15.0. The van der Waals surface area contributed by atoms with Crippen molar-refractivity contribution in [2.75, 3.05) is 0 Å². The molecule has 108 valence electrons. The van der Waals surface area contributed by atoms with Crippen LogP contribution in [0, 0.1) is 12.3 Å². The third-order valence-electron chi connectivity index (χ3n) is 3.77. The summed E-state index contributed by atoms with van der Waals surface area (Å²) in [5.41, 5.74) is 2.29. The molecule has 0 amide bonds. The highest BCUT2D eigenvalue weighted by Gasteiger charge is 2.25. The number of terminal acetylenes is 1. The van der Waals surface area contributed by atoms with E-state index in [1.165, 1.54) is 11.1 Å². The maximum absolute atomic E-state index is 5.62. The van der Waals surface area contributed by atoms with E-state index in [1.54, 1.807) is 0 Å². The van der Waals surface area contributed by atoms with Gasteiger partial charge in [-0.2, -0.15) is 0 Å². The lowest BCUT2D eigenvalue weighted by Gasteiger charge is -2.32. The minimum absolute atomic E-state index is 0.237. The quantitative estimate of drug-likeness (QED) is 0.807. The van der Waals surface area contributed by atoms with Gasteiger partial charge in [0.2, 0.25) is 0 Å². The van der Waals surface area contributed by atoms with Gasteiger partial charge in [0.1, 0.15) is 0 Å². The first-order valence-electron chi connectivity index (χ1n) is 7.39. The lowest BCUT2D eigenvalue weighted by molar-refractivity contribution is 0.397. The summed E-state index contributed by atoms with van der Waals surface area (Å²) in [5, 5.41) is 3.57. The summed E-state index contributed by atoms with van der Waals surface area (Å²) in [4.78, 5) is 0. The SMILES string of the molecule is C#CC(C)(C)NC(C)C(c1ccccc1)c1ccccc1. The third kappa shape index (κ3) is 3.97. The van der Waals surface area contributed by atoms with Crippen molar-refractivity contribution in [1.82, 2.24) is 5.32 Å². The van der Waals surface area contributed by atoms with Gasteiger partial charge in [0, 0.05) is 12.0 Å². The Kier molecular flexibility index (Phi) is 4.83. The number of rotatable bonds is 5. The molecule has 2 aromatic rings. The maximum Gasteiger partial charge on any atom is 0.0743 e. The van der Waals surface area contributed by atoms with Gasteiger partial charge in [0.05, 0.1) is 5.54 Å². The molecule has 0 saturated carbocycles. The summed E-state index contributed by atoms with van der Waals surface area (Å²) >= 11 is 0. The maximum atomic E-state index is 5.62. The van der Waals surface area contributed by atoms with Crippen molar-refractivity contribution >= 4 is 0 Å². The molecule has 2 aromatic carbocycles. The Morgan fingerprint density at radius 1 is 0.905 bits per heavy atom. The summed E-state index contributed by atoms with van der Waals surface area (Å²) in [6.07, 6.45) is 5.62. The van der Waals surface area contributed by atoms with E-state index in [4.69, 9.17) is 6.42 Å². The van der Waals surface area contributed by atoms with Crippen LogP contribution < -0.4 is 5.32 Å². The largest absolute Gasteiger partial charge is 0.298 e. The Balaban J connectivity index is 2.36. The topological polar surface area (TPSA) is 12.0 Å². The molecule has 1 nitrogen and oxygen atoms in total. The second kappa shape index (κ2) is 6.61. The average molecular weight is 277 g/mol. The van der Waals surface area contributed by atoms with Gasteiger partial charge in [-0.1, -0.05) is 66.6 Å². The molecule has 0 bridgehead atoms. The number of hydrogen-bond donors (Lipinski definition) is 1. The van der Waals surface area contributed by atoms with E-state index in [1.807, 2.05) is 13.8 Å². The Hall–Kier alpha value is -2.04. The van der Waals surface area contributed by atoms with E-state index in [2.05, 4.69) is 78.8 Å². The molecule has 0 heterocycles. The second-order valence-electron chi connectivity index (χ2n) is 6.00. The highest BCUT2D eigenvalue weighted by molar-refractivity contribution is 5.34. The first-order valence-corrected chi connectivity index (χ1v) is 7.39. The number of nitrogens with one attached hydrogen (secondary N) is 1. The van der Waals surface area contributed by atoms with Crippen LogP contribution in [-0.4, -0.2) is 11.6 Å². The monoisotopic (exact) mass is 277 g/mol. The third-order valence-corrected chi connectivity index (χ3v) is 3.77. The van der Waals surface area contributed by atoms with Crippen LogP contribution in [0.1, 0.15) is 37.8 Å². The molecule has 1 atom stereocenters. The average Bonchev–Trinajstić information content (AvgIpc) is 2.49. The summed E-state index contributed by atoms with van der Waals surface area (Å²) in [6, 6.07) is 21.4. The normalized spacial score (nSPS) is 12.9. The molecule has 1 heteroatoms. The van der Waals surface area contributed by atoms with Crippen LogP contribution in [0.3, 0.4) is 0 Å². The molecule has 0 spiro atoms. The Morgan fingerprint density at radius 3 is 1.71 bits per heavy atom. The summed E-state index contributed by atoms with van der Waals surface area (Å²) in [6.45, 7) is 6.27. The summed E-state index contributed by atoms with van der Waals surface area (Å²) in [7, 11) is 0. The van der Waals surface area contributed by atoms with Gasteiger partial charge in [-0.3, -0.25) is 5.32 Å². The molecule has 0 fully saturated rings. The molecule has 0 aliphatic rings. The standard InChI is InChI=1S/C20H23N/c1-5-20(3,4)21-16(2)19(17-12-8-6-9-13-17)18-14-10-7-11-15-18/h1,6-16,19,21H,2-4H3. The van der Waals surface area contributed by atoms with Crippen LogP contribution in [0.25, 0.3) is 0 Å². The first-order chi connectivity index (χ1) is 10.0. The predicted molar refractivity (Wildman–Crippen MR) is 90.2 cm³/mol. The van der Waals surface area contributed by atoms with Gasteiger partial charge in [-0.15, -0.1) is 6.42 Å². The Bertz CT molecular complexity index is 553. The van der Waals surface area contributed by atoms with Crippen molar-refractivity contribution in [3.63, 3.8) is 0 Å². The van der Waals surface area contributed by atoms with Gasteiger partial charge >= 0.3 is 0 Å². The van der Waals surface area contributed by atoms with Crippen molar-refractivity contribution in [1.29, 1.82) is 0 Å². The molecule has 0 radical (unpaired) electrons. The summed E-state index contributed by atoms with van der Waals surface area (Å²) in [5.74, 6) is 3.10. The molecule has 0 saturated heterocycles. The molecule has 1 N–H and O–H groups in total. The van der Waals surface area contributed by atoms with E-state index in [-0.39, 0.29) is 17.5 Å². The minimum atomic E-state index is -0.318. The molecule has 0 aliphatic carbocycles. The van der Waals surface area contributed by atoms with Crippen LogP contribution in [0.4, 0.5) is 0 Å². The number of benzene rings is 2. The minimum Gasteiger partial charge on any atom is -0.298 e. The van der Waals surface area contributed by atoms with Crippen molar-refractivity contribution in [3.05, 3.63) is 71.8 Å². The smallest absolute Gasteiger partial charge is 0.0743 e. The molecule has 1 unspecified atom stereocenters. The number of hydrogen-bond acceptors (Lipinski definition) is 1. The van der Waals surface area contributed by atoms with Gasteiger partial charge in [-0.25, -0.2) is 0 Å². The molecule has 21 heavy (non-hydrogen) atoms. The zero-order chi connectivity index (χ0) is 15.3. The van der Waals surface area contributed by atoms with Gasteiger partial charge < -0.3 is 0 Å². The van der Waals surface area contributed by atoms with Gasteiger partial charge in [-0.05, 0) is 31.9 Å². The van der Waals surface area contributed by atoms with E-state index in [0.29, 0.717) is 0 Å². The highest BCUT2D eigenvalue weighted by Crippen LogP contribution is 2.28. The van der Waals surface area contributed by atoms with Crippen LogP contribution in [0.15, 0.2) is 60.7 Å². The van der Waals surface area contributed by atoms with E-state index in [0.717, 1.165) is 0 Å². The van der Waals surface area contributed by atoms with Crippen molar-refractivity contribution in [2.45, 2.75) is 38.3 Å². The molecule has 0 aliphatic heterocycles. The van der Waals surface area contributed by atoms with Gasteiger partial charge in [0.15, 0.2) is 0 Å². The van der Waals surface area contributed by atoms with Crippen LogP contribution in [0.5, 0.6) is 0 Å². The van der Waals surface area contributed by atoms with Crippen LogP contribution in [-0.2, 0) is 0 Å². The Morgan fingerprint density at radius 2 is 1.33 bits per heavy atom. The van der Waals surface area contributed by atoms with Crippen molar-refractivity contribution < 1.29 is 0 Å². The second-order valence-corrected chi connectivity index (χ2v) is 6.00. The zero-order valence-electron chi connectivity index (χ0n) is 13.0. The van der Waals surface area contributed by atoms with E-state index >= 15 is 0 Å². The van der Waals surface area contributed by atoms with Crippen molar-refractivity contribution in [2.24, 2.45) is 0 Å². The van der Waals surface area contributed by atoms with Crippen molar-refractivity contribution in [3.8, 4) is 12.3 Å². The van der Waals surface area contributed by atoms with Crippen LogP contribution in [0.2, 0.25) is 0 Å². The first kappa shape index (κ1) is 15.4. The lowest BCUT2D eigenvalue weighted by Crippen LogP contribution is -2.46. The van der Waals surface area contributed by atoms with E-state index in [9.17, 15) is 0 Å². The fourth-order valence-corrected chi connectivity index (χ4v) is 2.78. The molecule has 0 aromatic heterocycles. The van der Waals surface area contributed by atoms with Gasteiger partial charge in [0.25, 0.3) is 0 Å². The molecule has 2 rings (SSSR count). The predicted octanol–water partition coefficient (Wildman–Crippen LogP) is 4.21. The van der Waals surface area contributed by atoms with E-state index < -0.39 is 0 Å². The molecular formula is C20H23N.